The minimum Gasteiger partial charge on any atom is -0.376 e. The lowest BCUT2D eigenvalue weighted by atomic mass is 9.73. The second kappa shape index (κ2) is 9.93. The predicted molar refractivity (Wildman–Crippen MR) is 124 cm³/mol. The second-order valence-electron chi connectivity index (χ2n) is 9.60. The third kappa shape index (κ3) is 4.45. The Bertz CT molecular complexity index is 1150. The zero-order valence-electron chi connectivity index (χ0n) is 19.8. The van der Waals surface area contributed by atoms with Crippen LogP contribution in [0.4, 0.5) is 13.6 Å². The normalized spacial score (nSPS) is 24.9. The van der Waals surface area contributed by atoms with Crippen LogP contribution in [0.2, 0.25) is 0 Å². The first-order valence-electron chi connectivity index (χ1n) is 12.3. The van der Waals surface area contributed by atoms with Crippen LogP contribution in [0.5, 0.6) is 0 Å². The van der Waals surface area contributed by atoms with E-state index in [1.807, 2.05) is 0 Å². The minimum atomic E-state index is -1.28. The molecule has 36 heavy (non-hydrogen) atoms. The van der Waals surface area contributed by atoms with Crippen molar-refractivity contribution in [3.8, 4) is 0 Å². The molecule has 8 nitrogen and oxygen atoms in total. The fourth-order valence-corrected chi connectivity index (χ4v) is 5.57. The van der Waals surface area contributed by atoms with Gasteiger partial charge in [0.1, 0.15) is 11.6 Å². The maximum absolute atomic E-state index is 14.0. The third-order valence-corrected chi connectivity index (χ3v) is 7.47. The number of likely N-dealkylation sites (tertiary alicyclic amines) is 1. The first-order chi connectivity index (χ1) is 17.4. The van der Waals surface area contributed by atoms with E-state index in [9.17, 15) is 23.2 Å². The highest BCUT2D eigenvalue weighted by Gasteiger charge is 2.57. The molecule has 1 aromatic heterocycles. The van der Waals surface area contributed by atoms with Crippen LogP contribution in [-0.4, -0.2) is 65.0 Å². The molecule has 3 fully saturated rings. The van der Waals surface area contributed by atoms with E-state index in [0.29, 0.717) is 38.1 Å². The van der Waals surface area contributed by atoms with Gasteiger partial charge < -0.3 is 15.0 Å². The van der Waals surface area contributed by atoms with Gasteiger partial charge in [0.15, 0.2) is 5.54 Å². The molecule has 3 saturated heterocycles. The summed E-state index contributed by atoms with van der Waals surface area (Å²) in [5.74, 6) is -2.14. The van der Waals surface area contributed by atoms with Crippen molar-refractivity contribution in [2.45, 2.75) is 43.7 Å². The van der Waals surface area contributed by atoms with Crippen molar-refractivity contribution in [2.75, 3.05) is 26.2 Å². The number of halogens is 2. The van der Waals surface area contributed by atoms with Gasteiger partial charge in [-0.3, -0.25) is 19.5 Å². The molecule has 1 N–H and O–H groups in total. The number of rotatable bonds is 6. The number of hydrogen-bond donors (Lipinski definition) is 1. The van der Waals surface area contributed by atoms with Crippen molar-refractivity contribution in [1.29, 1.82) is 0 Å². The summed E-state index contributed by atoms with van der Waals surface area (Å²) < 4.78 is 33.2. The molecule has 0 bridgehead atoms. The Hall–Kier alpha value is -3.40. The molecule has 4 heterocycles. The van der Waals surface area contributed by atoms with Gasteiger partial charge in [0.05, 0.1) is 19.1 Å². The number of benzene rings is 1. The lowest BCUT2D eigenvalue weighted by Crippen LogP contribution is -2.54. The Morgan fingerprint density at radius 1 is 1.17 bits per heavy atom. The first-order valence-corrected chi connectivity index (χ1v) is 12.3. The van der Waals surface area contributed by atoms with E-state index in [-0.39, 0.29) is 42.4 Å². The molecule has 0 aliphatic carbocycles. The maximum Gasteiger partial charge on any atom is 0.325 e. The number of pyridine rings is 1. The number of aromatic nitrogens is 1. The Kier molecular flexibility index (Phi) is 6.70. The summed E-state index contributed by atoms with van der Waals surface area (Å²) >= 11 is 0. The molecule has 190 valence electrons. The molecule has 2 aromatic rings. The van der Waals surface area contributed by atoms with Gasteiger partial charge in [-0.2, -0.15) is 0 Å². The van der Waals surface area contributed by atoms with Crippen LogP contribution in [0, 0.1) is 17.6 Å². The summed E-state index contributed by atoms with van der Waals surface area (Å²) in [7, 11) is 0. The smallest absolute Gasteiger partial charge is 0.325 e. The lowest BCUT2D eigenvalue weighted by Gasteiger charge is -2.41. The van der Waals surface area contributed by atoms with E-state index in [4.69, 9.17) is 4.74 Å². The first kappa shape index (κ1) is 24.3. The van der Waals surface area contributed by atoms with Crippen LogP contribution in [0.1, 0.15) is 36.8 Å². The molecule has 0 unspecified atom stereocenters. The predicted octanol–water partition coefficient (Wildman–Crippen LogP) is 2.77. The average molecular weight is 499 g/mol. The highest BCUT2D eigenvalue weighted by Crippen LogP contribution is 2.41. The summed E-state index contributed by atoms with van der Waals surface area (Å²) in [6.45, 7) is 1.48. The van der Waals surface area contributed by atoms with Crippen LogP contribution in [0.3, 0.4) is 0 Å². The zero-order valence-corrected chi connectivity index (χ0v) is 19.8. The van der Waals surface area contributed by atoms with Crippen molar-refractivity contribution in [2.24, 2.45) is 5.92 Å². The lowest BCUT2D eigenvalue weighted by molar-refractivity contribution is -0.137. The fourth-order valence-electron chi connectivity index (χ4n) is 5.57. The highest BCUT2D eigenvalue weighted by atomic mass is 19.1. The summed E-state index contributed by atoms with van der Waals surface area (Å²) in [6.07, 6.45) is 5.38. The molecule has 3 aliphatic rings. The highest BCUT2D eigenvalue weighted by molar-refractivity contribution is 6.07. The molecule has 3 aliphatic heterocycles. The molecule has 2 atom stereocenters. The summed E-state index contributed by atoms with van der Waals surface area (Å²) in [5.41, 5.74) is -0.671. The SMILES string of the molecule is O=C(Cc1cc(F)ccc1F)N1CCC([C@@]2(c3cccnc3)NC(=O)N(C[C@@H]3CCCO3)C2=O)CC1. The van der Waals surface area contributed by atoms with Crippen LogP contribution in [0.15, 0.2) is 42.7 Å². The summed E-state index contributed by atoms with van der Waals surface area (Å²) in [6, 6.07) is 6.11. The van der Waals surface area contributed by atoms with Crippen LogP contribution >= 0.6 is 0 Å². The molecule has 0 radical (unpaired) electrons. The van der Waals surface area contributed by atoms with E-state index >= 15 is 0 Å². The van der Waals surface area contributed by atoms with Crippen molar-refractivity contribution in [1.82, 2.24) is 20.1 Å². The van der Waals surface area contributed by atoms with Gasteiger partial charge >= 0.3 is 6.03 Å². The molecule has 4 amide bonds. The molecule has 0 spiro atoms. The van der Waals surface area contributed by atoms with Gasteiger partial charge in [0, 0.05) is 43.2 Å². The molecule has 5 rings (SSSR count). The maximum atomic E-state index is 14.0. The van der Waals surface area contributed by atoms with Gasteiger partial charge in [0.2, 0.25) is 5.91 Å². The third-order valence-electron chi connectivity index (χ3n) is 7.47. The Morgan fingerprint density at radius 2 is 1.97 bits per heavy atom. The zero-order chi connectivity index (χ0) is 25.3. The number of nitrogens with one attached hydrogen (secondary N) is 1. The number of piperidine rings is 1. The topological polar surface area (TPSA) is 91.8 Å². The monoisotopic (exact) mass is 498 g/mol. The molecule has 1 aromatic carbocycles. The Morgan fingerprint density at radius 3 is 2.67 bits per heavy atom. The molecule has 0 saturated carbocycles. The van der Waals surface area contributed by atoms with Crippen molar-refractivity contribution >= 4 is 17.8 Å². The summed E-state index contributed by atoms with van der Waals surface area (Å²) in [5, 5.41) is 2.97. The minimum absolute atomic E-state index is 0.0111. The molecular formula is C26H28F2N4O4. The number of urea groups is 1. The van der Waals surface area contributed by atoms with Gasteiger partial charge in [-0.25, -0.2) is 13.6 Å². The van der Waals surface area contributed by atoms with Crippen molar-refractivity contribution in [3.63, 3.8) is 0 Å². The number of nitrogens with zero attached hydrogens (tertiary/aromatic N) is 3. The quantitative estimate of drug-likeness (QED) is 0.619. The van der Waals surface area contributed by atoms with Gasteiger partial charge in [-0.05, 0) is 55.9 Å². The average Bonchev–Trinajstić information content (AvgIpc) is 3.49. The van der Waals surface area contributed by atoms with Crippen LogP contribution in [-0.2, 0) is 26.3 Å². The number of ether oxygens (including phenoxy) is 1. The summed E-state index contributed by atoms with van der Waals surface area (Å²) in [4.78, 5) is 46.7. The van der Waals surface area contributed by atoms with Gasteiger partial charge in [-0.1, -0.05) is 6.07 Å². The van der Waals surface area contributed by atoms with E-state index in [0.717, 1.165) is 31.0 Å². The van der Waals surface area contributed by atoms with Crippen molar-refractivity contribution < 1.29 is 27.9 Å². The number of carbonyl (C=O) groups excluding carboxylic acids is 3. The van der Waals surface area contributed by atoms with E-state index in [1.165, 1.54) is 4.90 Å². The Balaban J connectivity index is 1.33. The standard InChI is InChI=1S/C26H28F2N4O4/c27-20-5-6-22(28)17(13-20)14-23(33)31-10-7-18(8-11-31)26(19-3-1-9-29-15-19)24(34)32(25(35)30-26)16-21-4-2-12-36-21/h1,3,5-6,9,13,15,18,21H,2,4,7-8,10-12,14,16H2,(H,30,35)/t21-,26-/m0/s1. The number of amides is 4. The van der Waals surface area contributed by atoms with Crippen LogP contribution < -0.4 is 5.32 Å². The van der Waals surface area contributed by atoms with Gasteiger partial charge in [0.25, 0.3) is 5.91 Å². The molecule has 10 heteroatoms. The fraction of sp³-hybridized carbons (Fsp3) is 0.462. The van der Waals surface area contributed by atoms with Crippen molar-refractivity contribution in [3.05, 3.63) is 65.5 Å². The second-order valence-corrected chi connectivity index (χ2v) is 9.60. The Labute approximate surface area is 207 Å². The van der Waals surface area contributed by atoms with E-state index in [1.54, 1.807) is 29.4 Å². The molecular weight excluding hydrogens is 470 g/mol. The largest absolute Gasteiger partial charge is 0.376 e. The van der Waals surface area contributed by atoms with Gasteiger partial charge in [-0.15, -0.1) is 0 Å². The van der Waals surface area contributed by atoms with E-state index < -0.39 is 23.2 Å². The number of hydrogen-bond acceptors (Lipinski definition) is 5. The number of imide groups is 1. The number of carbonyl (C=O) groups is 3. The van der Waals surface area contributed by atoms with E-state index in [2.05, 4.69) is 10.3 Å². The van der Waals surface area contributed by atoms with Crippen LogP contribution in [0.25, 0.3) is 0 Å².